The van der Waals surface area contributed by atoms with Gasteiger partial charge in [0.2, 0.25) is 21.8 Å². The summed E-state index contributed by atoms with van der Waals surface area (Å²) in [6.07, 6.45) is 4.88. The molecule has 1 aliphatic rings. The Hall–Kier alpha value is -4.75. The Balaban J connectivity index is 1.40. The minimum atomic E-state index is -3.90. The zero-order valence-electron chi connectivity index (χ0n) is 26.2. The van der Waals surface area contributed by atoms with Crippen LogP contribution in [0.1, 0.15) is 60.4 Å². The van der Waals surface area contributed by atoms with Crippen molar-refractivity contribution in [1.29, 1.82) is 0 Å². The maximum absolute atomic E-state index is 13.9. The van der Waals surface area contributed by atoms with Crippen LogP contribution >= 0.6 is 0 Å². The quantitative estimate of drug-likeness (QED) is 0.241. The Bertz CT molecular complexity index is 2000. The van der Waals surface area contributed by atoms with Crippen LogP contribution in [0.25, 0.3) is 11.0 Å². The van der Waals surface area contributed by atoms with Crippen molar-refractivity contribution in [3.8, 4) is 5.88 Å². The fraction of sp³-hybridized carbons (Fsp3) is 0.333. The molecule has 0 saturated carbocycles. The van der Waals surface area contributed by atoms with Crippen molar-refractivity contribution in [2.24, 2.45) is 0 Å². The maximum atomic E-state index is 13.9. The Morgan fingerprint density at radius 3 is 2.70 bits per heavy atom. The number of aryl methyl sites for hydroxylation is 3. The summed E-state index contributed by atoms with van der Waals surface area (Å²) in [5.74, 6) is -0.0439. The van der Waals surface area contributed by atoms with Gasteiger partial charge in [-0.2, -0.15) is 4.31 Å². The fourth-order valence-corrected chi connectivity index (χ4v) is 7.42. The van der Waals surface area contributed by atoms with Crippen LogP contribution in [-0.4, -0.2) is 61.2 Å². The van der Waals surface area contributed by atoms with Gasteiger partial charge in [-0.25, -0.2) is 28.1 Å². The third-order valence-corrected chi connectivity index (χ3v) is 10.3. The van der Waals surface area contributed by atoms with Crippen LogP contribution in [0, 0.1) is 13.8 Å². The van der Waals surface area contributed by atoms with Crippen molar-refractivity contribution in [3.63, 3.8) is 0 Å². The molecule has 1 amide bonds. The molecule has 6 rings (SSSR count). The zero-order chi connectivity index (χ0) is 32.4. The first kappa shape index (κ1) is 31.2. The van der Waals surface area contributed by atoms with Crippen molar-refractivity contribution in [1.82, 2.24) is 34.3 Å². The number of carbonyl (C=O) groups is 1. The predicted octanol–water partition coefficient (Wildman–Crippen LogP) is 4.78. The number of benzene rings is 2. The van der Waals surface area contributed by atoms with E-state index in [1.54, 1.807) is 18.3 Å². The van der Waals surface area contributed by atoms with Gasteiger partial charge in [0, 0.05) is 37.8 Å². The Morgan fingerprint density at radius 2 is 1.93 bits per heavy atom. The van der Waals surface area contributed by atoms with Crippen molar-refractivity contribution in [2.75, 3.05) is 11.9 Å². The maximum Gasteiger partial charge on any atom is 0.248 e. The number of fused-ring (bicyclic) bond motifs is 2. The smallest absolute Gasteiger partial charge is 0.248 e. The van der Waals surface area contributed by atoms with Crippen LogP contribution < -0.4 is 10.1 Å². The van der Waals surface area contributed by atoms with Crippen LogP contribution in [0.4, 0.5) is 5.82 Å². The first-order valence-electron chi connectivity index (χ1n) is 15.3. The van der Waals surface area contributed by atoms with Crippen molar-refractivity contribution >= 4 is 32.8 Å². The van der Waals surface area contributed by atoms with Crippen molar-refractivity contribution in [2.45, 2.75) is 70.5 Å². The molecular formula is C33H36N8O4S. The highest BCUT2D eigenvalue weighted by Gasteiger charge is 2.35. The van der Waals surface area contributed by atoms with Gasteiger partial charge in [0.05, 0.1) is 12.1 Å². The highest BCUT2D eigenvalue weighted by Crippen LogP contribution is 2.36. The number of pyridine rings is 1. The Morgan fingerprint density at radius 1 is 1.09 bits per heavy atom. The van der Waals surface area contributed by atoms with E-state index in [1.807, 2.05) is 62.7 Å². The molecule has 0 fully saturated rings. The number of nitrogens with one attached hydrogen (secondary N) is 1. The molecule has 12 nitrogen and oxygen atoms in total. The van der Waals surface area contributed by atoms with Gasteiger partial charge in [0.15, 0.2) is 0 Å². The van der Waals surface area contributed by atoms with E-state index in [0.717, 1.165) is 38.9 Å². The van der Waals surface area contributed by atoms with E-state index in [4.69, 9.17) is 4.74 Å². The van der Waals surface area contributed by atoms with E-state index in [2.05, 4.69) is 30.6 Å². The van der Waals surface area contributed by atoms with Gasteiger partial charge in [0.1, 0.15) is 28.7 Å². The minimum Gasteiger partial charge on any atom is -0.472 e. The molecule has 2 aromatic carbocycles. The molecule has 13 heteroatoms. The normalized spacial score (nSPS) is 16.7. The molecule has 46 heavy (non-hydrogen) atoms. The number of rotatable bonds is 9. The summed E-state index contributed by atoms with van der Waals surface area (Å²) in [6, 6.07) is 14.8. The molecule has 1 N–H and O–H groups in total. The van der Waals surface area contributed by atoms with Crippen LogP contribution in [-0.2, 0) is 27.9 Å². The summed E-state index contributed by atoms with van der Waals surface area (Å²) in [6.45, 7) is 8.95. The summed E-state index contributed by atoms with van der Waals surface area (Å²) in [4.78, 5) is 25.8. The number of aromatic nitrogens is 6. The molecule has 0 unspecified atom stereocenters. The van der Waals surface area contributed by atoms with Crippen molar-refractivity contribution in [3.05, 3.63) is 95.1 Å². The summed E-state index contributed by atoms with van der Waals surface area (Å²) >= 11 is 0. The second-order valence-electron chi connectivity index (χ2n) is 11.4. The number of ether oxygens (including phenoxy) is 1. The Labute approximate surface area is 267 Å². The summed E-state index contributed by atoms with van der Waals surface area (Å²) < 4.78 is 37.1. The molecule has 4 heterocycles. The van der Waals surface area contributed by atoms with Gasteiger partial charge in [-0.05, 0) is 79.3 Å². The molecule has 1 aliphatic heterocycles. The van der Waals surface area contributed by atoms with Gasteiger partial charge in [-0.3, -0.25) is 4.79 Å². The number of hydrogen-bond acceptors (Lipinski definition) is 9. The second-order valence-corrected chi connectivity index (χ2v) is 13.3. The van der Waals surface area contributed by atoms with Crippen LogP contribution in [0.3, 0.4) is 0 Å². The van der Waals surface area contributed by atoms with Gasteiger partial charge < -0.3 is 10.1 Å². The zero-order valence-corrected chi connectivity index (χ0v) is 27.0. The first-order chi connectivity index (χ1) is 22.2. The van der Waals surface area contributed by atoms with Crippen molar-refractivity contribution < 1.29 is 17.9 Å². The molecule has 0 aliphatic carbocycles. The molecule has 0 radical (unpaired) electrons. The number of sulfonamides is 1. The monoisotopic (exact) mass is 640 g/mol. The molecule has 238 valence electrons. The largest absolute Gasteiger partial charge is 0.472 e. The average Bonchev–Trinajstić information content (AvgIpc) is 3.45. The molecule has 5 aromatic rings. The van der Waals surface area contributed by atoms with E-state index >= 15 is 0 Å². The van der Waals surface area contributed by atoms with E-state index < -0.39 is 10.0 Å². The SMILES string of the molecule is CC[C@@H]1CN(Cc2cc([C@H](CC(=O)Nc3ccncn3)c3ccc4c(nnn4CC)c3C)ccc2C)S(=O)(=O)c2cccnc2O1. The lowest BCUT2D eigenvalue weighted by atomic mass is 9.84. The number of hydrogen-bond donors (Lipinski definition) is 1. The molecule has 0 saturated heterocycles. The third kappa shape index (κ3) is 6.07. The number of carbonyl (C=O) groups excluding carboxylic acids is 1. The standard InChI is InChI=1S/C33H36N8O4S/c1-5-25-19-40(46(43,44)29-8-7-14-35-33(29)45-25)18-24-16-23(10-9-21(24)3)27(17-31(42)37-30-13-15-34-20-36-30)26-11-12-28-32(22(26)4)38-39-41(28)6-2/h7-16,20,25,27H,5-6,17-19H2,1-4H3,(H,34,36,37,42)/t25-,27+/m1/s1. The second kappa shape index (κ2) is 12.9. The highest BCUT2D eigenvalue weighted by atomic mass is 32.2. The average molecular weight is 641 g/mol. The fourth-order valence-electron chi connectivity index (χ4n) is 5.90. The summed E-state index contributed by atoms with van der Waals surface area (Å²) in [7, 11) is -3.90. The third-order valence-electron chi connectivity index (χ3n) is 8.51. The molecule has 2 atom stereocenters. The molecule has 3 aromatic heterocycles. The summed E-state index contributed by atoms with van der Waals surface area (Å²) in [5, 5.41) is 11.6. The number of nitrogens with zero attached hydrogens (tertiary/aromatic N) is 7. The van der Waals surface area contributed by atoms with E-state index in [1.165, 1.54) is 22.9 Å². The number of anilines is 1. The lowest BCUT2D eigenvalue weighted by molar-refractivity contribution is -0.116. The topological polar surface area (TPSA) is 145 Å². The molecule has 0 bridgehead atoms. The van der Waals surface area contributed by atoms with Crippen LogP contribution in [0.5, 0.6) is 5.88 Å². The molecular weight excluding hydrogens is 604 g/mol. The van der Waals surface area contributed by atoms with E-state index in [-0.39, 0.29) is 48.2 Å². The first-order valence-corrected chi connectivity index (χ1v) is 16.7. The van der Waals surface area contributed by atoms with Gasteiger partial charge in [-0.15, -0.1) is 5.10 Å². The Kier molecular flexibility index (Phi) is 8.78. The highest BCUT2D eigenvalue weighted by molar-refractivity contribution is 7.89. The lowest BCUT2D eigenvalue weighted by Gasteiger charge is -2.25. The van der Waals surface area contributed by atoms with E-state index in [9.17, 15) is 13.2 Å². The van der Waals surface area contributed by atoms with E-state index in [0.29, 0.717) is 18.8 Å². The minimum absolute atomic E-state index is 0.0584. The van der Waals surface area contributed by atoms with Gasteiger partial charge >= 0.3 is 0 Å². The lowest BCUT2D eigenvalue weighted by Crippen LogP contribution is -2.36. The van der Waals surface area contributed by atoms with Gasteiger partial charge in [-0.1, -0.05) is 36.4 Å². The van der Waals surface area contributed by atoms with Gasteiger partial charge in [0.25, 0.3) is 0 Å². The summed E-state index contributed by atoms with van der Waals surface area (Å²) in [5.41, 5.74) is 6.21. The van der Waals surface area contributed by atoms with Crippen LogP contribution in [0.2, 0.25) is 0 Å². The predicted molar refractivity (Wildman–Crippen MR) is 173 cm³/mol. The van der Waals surface area contributed by atoms with Crippen LogP contribution in [0.15, 0.2) is 72.1 Å². The number of amides is 1. The molecule has 0 spiro atoms.